The van der Waals surface area contributed by atoms with E-state index in [0.717, 1.165) is 6.42 Å². The summed E-state index contributed by atoms with van der Waals surface area (Å²) in [7, 11) is 0. The highest BCUT2D eigenvalue weighted by molar-refractivity contribution is 9.09. The molecule has 180 valence electrons. The summed E-state index contributed by atoms with van der Waals surface area (Å²) in [6, 6.07) is 9.02. The van der Waals surface area contributed by atoms with Crippen molar-refractivity contribution in [2.45, 2.75) is 154 Å². The molecule has 0 aromatic heterocycles. The molecule has 1 heteroatoms. The van der Waals surface area contributed by atoms with E-state index in [1.165, 1.54) is 128 Å². The van der Waals surface area contributed by atoms with E-state index in [1.54, 1.807) is 5.56 Å². The molecule has 0 saturated heterocycles. The van der Waals surface area contributed by atoms with Crippen LogP contribution in [0, 0.1) is 0 Å². The maximum absolute atomic E-state index is 3.93. The van der Waals surface area contributed by atoms with Gasteiger partial charge in [0.15, 0.2) is 0 Å². The zero-order valence-corrected chi connectivity index (χ0v) is 22.9. The van der Waals surface area contributed by atoms with Gasteiger partial charge in [0.25, 0.3) is 0 Å². The smallest absolute Gasteiger partial charge is 0.0478 e. The second kappa shape index (κ2) is 19.2. The third-order valence-electron chi connectivity index (χ3n) is 7.04. The summed E-state index contributed by atoms with van der Waals surface area (Å²) < 4.78 is 0.123. The normalized spacial score (nSPS) is 13.4. The zero-order chi connectivity index (χ0) is 22.6. The zero-order valence-electron chi connectivity index (χ0n) is 21.3. The molecule has 0 radical (unpaired) electrons. The van der Waals surface area contributed by atoms with Gasteiger partial charge >= 0.3 is 0 Å². The molecular weight excluding hydrogens is 440 g/mol. The van der Waals surface area contributed by atoms with Gasteiger partial charge in [-0.2, -0.15) is 0 Å². The molecule has 1 aromatic carbocycles. The lowest BCUT2D eigenvalue weighted by Crippen LogP contribution is -2.14. The molecule has 0 N–H and O–H groups in total. The number of aryl methyl sites for hydroxylation is 1. The Labute approximate surface area is 204 Å². The average Bonchev–Trinajstić information content (AvgIpc) is 2.78. The van der Waals surface area contributed by atoms with Crippen molar-refractivity contribution >= 4 is 15.9 Å². The minimum atomic E-state index is 0.123. The molecule has 0 aliphatic carbocycles. The van der Waals surface area contributed by atoms with Crippen molar-refractivity contribution in [3.8, 4) is 0 Å². The number of rotatable bonds is 21. The van der Waals surface area contributed by atoms with Crippen LogP contribution in [0.25, 0.3) is 0 Å². The number of alkyl halides is 1. The fraction of sp³-hybridized carbons (Fsp3) is 0.800. The Morgan fingerprint density at radius 1 is 0.581 bits per heavy atom. The summed E-state index contributed by atoms with van der Waals surface area (Å²) in [6.45, 7) is 6.87. The summed E-state index contributed by atoms with van der Waals surface area (Å²) in [6.07, 6.45) is 28.3. The van der Waals surface area contributed by atoms with Gasteiger partial charge in [-0.05, 0) is 37.3 Å². The predicted octanol–water partition coefficient (Wildman–Crippen LogP) is 11.3. The van der Waals surface area contributed by atoms with E-state index < -0.39 is 0 Å². The molecule has 0 aliphatic heterocycles. The van der Waals surface area contributed by atoms with Crippen LogP contribution in [0.2, 0.25) is 0 Å². The Morgan fingerprint density at radius 3 is 1.39 bits per heavy atom. The molecule has 0 aliphatic rings. The molecule has 0 bridgehead atoms. The highest BCUT2D eigenvalue weighted by atomic mass is 79.9. The fourth-order valence-corrected chi connectivity index (χ4v) is 5.04. The van der Waals surface area contributed by atoms with Crippen LogP contribution in [-0.4, -0.2) is 0 Å². The Kier molecular flexibility index (Phi) is 17.8. The van der Waals surface area contributed by atoms with Crippen molar-refractivity contribution in [3.63, 3.8) is 0 Å². The van der Waals surface area contributed by atoms with Crippen LogP contribution in [0.4, 0.5) is 0 Å². The number of halogens is 1. The van der Waals surface area contributed by atoms with E-state index >= 15 is 0 Å². The lowest BCUT2D eigenvalue weighted by atomic mass is 9.91. The lowest BCUT2D eigenvalue weighted by molar-refractivity contribution is 0.525. The van der Waals surface area contributed by atoms with Gasteiger partial charge in [0.2, 0.25) is 0 Å². The quantitative estimate of drug-likeness (QED) is 0.118. The number of benzene rings is 1. The fourth-order valence-electron chi connectivity index (χ4n) is 4.65. The third-order valence-corrected chi connectivity index (χ3v) is 8.03. The van der Waals surface area contributed by atoms with Crippen molar-refractivity contribution < 1.29 is 0 Å². The van der Waals surface area contributed by atoms with Crippen LogP contribution < -0.4 is 0 Å². The Balaban J connectivity index is 1.90. The van der Waals surface area contributed by atoms with Crippen molar-refractivity contribution in [2.75, 3.05) is 0 Å². The second-order valence-corrected chi connectivity index (χ2v) is 11.7. The highest BCUT2D eigenvalue weighted by Gasteiger charge is 2.22. The van der Waals surface area contributed by atoms with Gasteiger partial charge in [-0.3, -0.25) is 0 Å². The standard InChI is InChI=1S/C30H53Br/c1-4-6-7-8-9-10-11-12-13-14-15-16-17-18-19-20-21-22-25-28-26-23-24-27-29(28)30(3,31)5-2/h23-24,26-27H,4-22,25H2,1-3H3. The van der Waals surface area contributed by atoms with Gasteiger partial charge in [0, 0.05) is 4.32 Å². The summed E-state index contributed by atoms with van der Waals surface area (Å²) in [5.41, 5.74) is 3.03. The van der Waals surface area contributed by atoms with Crippen LogP contribution in [0.1, 0.15) is 154 Å². The number of hydrogen-bond acceptors (Lipinski definition) is 0. The van der Waals surface area contributed by atoms with Gasteiger partial charge in [0.05, 0.1) is 0 Å². The van der Waals surface area contributed by atoms with Crippen LogP contribution in [0.5, 0.6) is 0 Å². The van der Waals surface area contributed by atoms with Gasteiger partial charge in [0.1, 0.15) is 0 Å². The lowest BCUT2D eigenvalue weighted by Gasteiger charge is -2.24. The number of hydrogen-bond donors (Lipinski definition) is 0. The van der Waals surface area contributed by atoms with E-state index in [-0.39, 0.29) is 4.32 Å². The molecule has 0 nitrogen and oxygen atoms in total. The SMILES string of the molecule is CCCCCCCCCCCCCCCCCCCCc1ccccc1C(C)(Br)CC. The van der Waals surface area contributed by atoms with Crippen LogP contribution >= 0.6 is 15.9 Å². The average molecular weight is 494 g/mol. The molecule has 0 heterocycles. The van der Waals surface area contributed by atoms with E-state index in [1.807, 2.05) is 0 Å². The molecule has 1 atom stereocenters. The molecule has 0 amide bonds. The van der Waals surface area contributed by atoms with Crippen molar-refractivity contribution in [2.24, 2.45) is 0 Å². The van der Waals surface area contributed by atoms with E-state index in [4.69, 9.17) is 0 Å². The van der Waals surface area contributed by atoms with Gasteiger partial charge in [-0.1, -0.05) is 163 Å². The first kappa shape index (κ1) is 28.7. The van der Waals surface area contributed by atoms with E-state index in [2.05, 4.69) is 61.0 Å². The highest BCUT2D eigenvalue weighted by Crippen LogP contribution is 2.36. The van der Waals surface area contributed by atoms with Gasteiger partial charge in [-0.25, -0.2) is 0 Å². The van der Waals surface area contributed by atoms with Crippen molar-refractivity contribution in [1.82, 2.24) is 0 Å². The second-order valence-electron chi connectivity index (χ2n) is 9.97. The number of unbranched alkanes of at least 4 members (excludes halogenated alkanes) is 17. The first-order valence-corrected chi connectivity index (χ1v) is 14.7. The predicted molar refractivity (Wildman–Crippen MR) is 145 cm³/mol. The summed E-state index contributed by atoms with van der Waals surface area (Å²) in [4.78, 5) is 0. The summed E-state index contributed by atoms with van der Waals surface area (Å²) in [5.74, 6) is 0. The molecule has 0 fully saturated rings. The van der Waals surface area contributed by atoms with Crippen LogP contribution in [0.15, 0.2) is 24.3 Å². The largest absolute Gasteiger partial charge is 0.0804 e. The molecule has 31 heavy (non-hydrogen) atoms. The van der Waals surface area contributed by atoms with Gasteiger partial charge < -0.3 is 0 Å². The molecular formula is C30H53Br. The van der Waals surface area contributed by atoms with Gasteiger partial charge in [-0.15, -0.1) is 0 Å². The Bertz CT molecular complexity index is 519. The first-order chi connectivity index (χ1) is 15.1. The first-order valence-electron chi connectivity index (χ1n) is 13.9. The molecule has 1 unspecified atom stereocenters. The summed E-state index contributed by atoms with van der Waals surface area (Å²) in [5, 5.41) is 0. The van der Waals surface area contributed by atoms with Crippen LogP contribution in [-0.2, 0) is 10.7 Å². The van der Waals surface area contributed by atoms with E-state index in [0.29, 0.717) is 0 Å². The minimum absolute atomic E-state index is 0.123. The van der Waals surface area contributed by atoms with Crippen molar-refractivity contribution in [1.29, 1.82) is 0 Å². The third kappa shape index (κ3) is 14.5. The maximum Gasteiger partial charge on any atom is 0.0478 e. The van der Waals surface area contributed by atoms with Crippen molar-refractivity contribution in [3.05, 3.63) is 35.4 Å². The topological polar surface area (TPSA) is 0 Å². The van der Waals surface area contributed by atoms with Crippen LogP contribution in [0.3, 0.4) is 0 Å². The molecule has 0 spiro atoms. The molecule has 0 saturated carbocycles. The monoisotopic (exact) mass is 492 g/mol. The molecule has 1 aromatic rings. The Morgan fingerprint density at radius 2 is 0.968 bits per heavy atom. The molecule has 1 rings (SSSR count). The minimum Gasteiger partial charge on any atom is -0.0804 e. The summed E-state index contributed by atoms with van der Waals surface area (Å²) >= 11 is 3.93. The Hall–Kier alpha value is -0.300. The van der Waals surface area contributed by atoms with E-state index in [9.17, 15) is 0 Å². The maximum atomic E-state index is 3.93.